The molecule has 0 bridgehead atoms. The molecule has 0 amide bonds. The lowest BCUT2D eigenvalue weighted by atomic mass is 10.1. The topological polar surface area (TPSA) is 115 Å². The Balaban J connectivity index is 2.26. The molecule has 1 N–H and O–H groups in total. The summed E-state index contributed by atoms with van der Waals surface area (Å²) in [6.45, 7) is 5.67. The number of sulfonamides is 1. The zero-order chi connectivity index (χ0) is 22.3. The summed E-state index contributed by atoms with van der Waals surface area (Å²) in [5, 5.41) is 0. The fourth-order valence-electron chi connectivity index (χ4n) is 2.74. The van der Waals surface area contributed by atoms with Gasteiger partial charge in [-0.1, -0.05) is 6.07 Å². The molecule has 0 radical (unpaired) electrons. The Kier molecular flexibility index (Phi) is 7.90. The molecule has 1 aromatic carbocycles. The number of ether oxygens (including phenoxy) is 2. The molecule has 0 saturated carbocycles. The minimum absolute atomic E-state index is 0.0100. The van der Waals surface area contributed by atoms with Crippen molar-refractivity contribution < 1.29 is 27.5 Å². The Labute approximate surface area is 176 Å². The maximum absolute atomic E-state index is 12.8. The summed E-state index contributed by atoms with van der Waals surface area (Å²) in [5.41, 5.74) is 0.504. The number of carbonyl (C=O) groups is 2. The summed E-state index contributed by atoms with van der Waals surface area (Å²) in [6, 6.07) is 7.11. The first-order chi connectivity index (χ1) is 14.2. The average molecular weight is 436 g/mol. The van der Waals surface area contributed by atoms with Gasteiger partial charge in [0.05, 0.1) is 30.2 Å². The number of aromatic nitrogens is 1. The van der Waals surface area contributed by atoms with Crippen LogP contribution in [0.5, 0.6) is 0 Å². The average Bonchev–Trinajstić information content (AvgIpc) is 2.77. The summed E-state index contributed by atoms with van der Waals surface area (Å²) in [7, 11) is -1.70. The number of hydrogen-bond acceptors (Lipinski definition) is 8. The molecule has 10 heteroatoms. The zero-order valence-corrected chi connectivity index (χ0v) is 18.2. The molecule has 9 nitrogen and oxygen atoms in total. The van der Waals surface area contributed by atoms with Gasteiger partial charge in [0.2, 0.25) is 10.0 Å². The highest BCUT2D eigenvalue weighted by Crippen LogP contribution is 2.18. The first-order valence-corrected chi connectivity index (χ1v) is 10.7. The number of hydrogen-bond donors (Lipinski definition) is 1. The maximum Gasteiger partial charge on any atom is 0.337 e. The summed E-state index contributed by atoms with van der Waals surface area (Å²) in [5.74, 6) is -0.734. The van der Waals surface area contributed by atoms with Crippen molar-refractivity contribution in [1.82, 2.24) is 9.71 Å². The number of anilines is 1. The standard InChI is InChI=1S/C20H25N3O6S/c1-5-23(6-2)18-8-7-14(12-21-18)13-22-30(26,27)17-10-15(19(24)28-3)9-16(11-17)20(25)29-4/h7-12,22H,5-6,13H2,1-4H3. The number of nitrogens with zero attached hydrogens (tertiary/aromatic N) is 2. The van der Waals surface area contributed by atoms with Gasteiger partial charge >= 0.3 is 11.9 Å². The van der Waals surface area contributed by atoms with Crippen molar-refractivity contribution in [2.75, 3.05) is 32.2 Å². The number of pyridine rings is 1. The van der Waals surface area contributed by atoms with E-state index in [4.69, 9.17) is 0 Å². The molecule has 0 unspecified atom stereocenters. The van der Waals surface area contributed by atoms with Gasteiger partial charge in [-0.3, -0.25) is 0 Å². The number of carbonyl (C=O) groups excluding carboxylic acids is 2. The minimum atomic E-state index is -4.03. The molecule has 2 aromatic rings. The fourth-order valence-corrected chi connectivity index (χ4v) is 3.83. The fraction of sp³-hybridized carbons (Fsp3) is 0.350. The van der Waals surface area contributed by atoms with Crippen LogP contribution in [0.15, 0.2) is 41.4 Å². The van der Waals surface area contributed by atoms with Gasteiger partial charge in [-0.2, -0.15) is 0 Å². The largest absolute Gasteiger partial charge is 0.465 e. The lowest BCUT2D eigenvalue weighted by Crippen LogP contribution is -2.25. The van der Waals surface area contributed by atoms with Crippen molar-refractivity contribution in [2.24, 2.45) is 0 Å². The molecule has 162 valence electrons. The van der Waals surface area contributed by atoms with Gasteiger partial charge in [0, 0.05) is 25.8 Å². The van der Waals surface area contributed by atoms with Gasteiger partial charge in [0.25, 0.3) is 0 Å². The third kappa shape index (κ3) is 5.55. The van der Waals surface area contributed by atoms with Crippen LogP contribution in [0.3, 0.4) is 0 Å². The van der Waals surface area contributed by atoms with E-state index in [0.29, 0.717) is 5.56 Å². The van der Waals surface area contributed by atoms with Crippen LogP contribution >= 0.6 is 0 Å². The van der Waals surface area contributed by atoms with E-state index < -0.39 is 22.0 Å². The highest BCUT2D eigenvalue weighted by molar-refractivity contribution is 7.89. The van der Waals surface area contributed by atoms with Crippen molar-refractivity contribution >= 4 is 27.8 Å². The molecular weight excluding hydrogens is 410 g/mol. The van der Waals surface area contributed by atoms with E-state index in [2.05, 4.69) is 24.1 Å². The monoisotopic (exact) mass is 435 g/mol. The predicted molar refractivity (Wildman–Crippen MR) is 111 cm³/mol. The SMILES string of the molecule is CCN(CC)c1ccc(CNS(=O)(=O)c2cc(C(=O)OC)cc(C(=O)OC)c2)cn1. The molecule has 0 aliphatic heterocycles. The van der Waals surface area contributed by atoms with E-state index in [1.807, 2.05) is 19.9 Å². The highest BCUT2D eigenvalue weighted by Gasteiger charge is 2.21. The van der Waals surface area contributed by atoms with Crippen LogP contribution in [0.2, 0.25) is 0 Å². The van der Waals surface area contributed by atoms with Crippen LogP contribution in [-0.4, -0.2) is 52.6 Å². The first-order valence-electron chi connectivity index (χ1n) is 9.27. The van der Waals surface area contributed by atoms with Crippen molar-refractivity contribution in [3.05, 3.63) is 53.2 Å². The quantitative estimate of drug-likeness (QED) is 0.595. The summed E-state index contributed by atoms with van der Waals surface area (Å²) in [4.78, 5) is 29.9. The Morgan fingerprint density at radius 2 is 1.57 bits per heavy atom. The molecule has 0 atom stereocenters. The molecule has 0 fully saturated rings. The van der Waals surface area contributed by atoms with Crippen LogP contribution in [-0.2, 0) is 26.0 Å². The van der Waals surface area contributed by atoms with Crippen LogP contribution in [0.1, 0.15) is 40.1 Å². The molecule has 30 heavy (non-hydrogen) atoms. The number of esters is 2. The Morgan fingerprint density at radius 3 is 2.00 bits per heavy atom. The van der Waals surface area contributed by atoms with E-state index in [0.717, 1.165) is 45.3 Å². The Hall–Kier alpha value is -2.98. The van der Waals surface area contributed by atoms with Crippen molar-refractivity contribution in [3.63, 3.8) is 0 Å². The lowest BCUT2D eigenvalue weighted by Gasteiger charge is -2.19. The predicted octanol–water partition coefficient (Wildman–Crippen LogP) is 1.98. The Morgan fingerprint density at radius 1 is 1.00 bits per heavy atom. The number of rotatable bonds is 9. The summed E-state index contributed by atoms with van der Waals surface area (Å²) in [6.07, 6.45) is 1.60. The molecule has 2 rings (SSSR count). The second-order valence-corrected chi connectivity index (χ2v) is 8.02. The molecule has 1 heterocycles. The third-order valence-electron chi connectivity index (χ3n) is 4.42. The number of benzene rings is 1. The van der Waals surface area contributed by atoms with Crippen molar-refractivity contribution in [3.8, 4) is 0 Å². The van der Waals surface area contributed by atoms with E-state index in [9.17, 15) is 18.0 Å². The van der Waals surface area contributed by atoms with Gasteiger partial charge in [-0.15, -0.1) is 0 Å². The molecular formula is C20H25N3O6S. The molecule has 0 aliphatic carbocycles. The van der Waals surface area contributed by atoms with Crippen LogP contribution in [0, 0.1) is 0 Å². The second kappa shape index (κ2) is 10.2. The maximum atomic E-state index is 12.8. The first kappa shape index (κ1) is 23.3. The minimum Gasteiger partial charge on any atom is -0.465 e. The van der Waals surface area contributed by atoms with Gasteiger partial charge in [-0.25, -0.2) is 27.7 Å². The van der Waals surface area contributed by atoms with Crippen molar-refractivity contribution in [1.29, 1.82) is 0 Å². The highest BCUT2D eigenvalue weighted by atomic mass is 32.2. The third-order valence-corrected chi connectivity index (χ3v) is 5.80. The normalized spacial score (nSPS) is 11.1. The summed E-state index contributed by atoms with van der Waals surface area (Å²) >= 11 is 0. The van der Waals surface area contributed by atoms with Gasteiger partial charge < -0.3 is 14.4 Å². The van der Waals surface area contributed by atoms with E-state index in [1.165, 1.54) is 6.07 Å². The van der Waals surface area contributed by atoms with Gasteiger partial charge in [0.15, 0.2) is 0 Å². The van der Waals surface area contributed by atoms with Gasteiger partial charge in [0.1, 0.15) is 5.82 Å². The number of methoxy groups -OCH3 is 2. The van der Waals surface area contributed by atoms with Crippen LogP contribution < -0.4 is 9.62 Å². The van der Waals surface area contributed by atoms with E-state index in [1.54, 1.807) is 12.3 Å². The zero-order valence-electron chi connectivity index (χ0n) is 17.3. The molecule has 0 aliphatic rings. The van der Waals surface area contributed by atoms with E-state index in [-0.39, 0.29) is 22.6 Å². The smallest absolute Gasteiger partial charge is 0.337 e. The molecule has 1 aromatic heterocycles. The second-order valence-electron chi connectivity index (χ2n) is 6.25. The molecule has 0 spiro atoms. The lowest BCUT2D eigenvalue weighted by molar-refractivity contribution is 0.0598. The van der Waals surface area contributed by atoms with E-state index >= 15 is 0 Å². The van der Waals surface area contributed by atoms with Crippen molar-refractivity contribution in [2.45, 2.75) is 25.3 Å². The molecule has 0 saturated heterocycles. The van der Waals surface area contributed by atoms with Crippen LogP contribution in [0.25, 0.3) is 0 Å². The number of nitrogens with one attached hydrogen (secondary N) is 1. The van der Waals surface area contributed by atoms with Crippen LogP contribution in [0.4, 0.5) is 5.82 Å². The van der Waals surface area contributed by atoms with Gasteiger partial charge in [-0.05, 0) is 43.7 Å². The Bertz CT molecular complexity index is 967. The summed E-state index contributed by atoms with van der Waals surface area (Å²) < 4.78 is 37.2.